The number of thiophene rings is 1. The third-order valence-electron chi connectivity index (χ3n) is 3.70. The maximum absolute atomic E-state index is 13.6. The van der Waals surface area contributed by atoms with E-state index in [-0.39, 0.29) is 30.5 Å². The summed E-state index contributed by atoms with van der Waals surface area (Å²) in [5, 5.41) is 10.1. The first kappa shape index (κ1) is 24.2. The molecular weight excluding hydrogens is 504 g/mol. The number of nitrogens with zero attached hydrogens (tertiary/aromatic N) is 1. The zero-order valence-corrected chi connectivity index (χ0v) is 18.5. The number of halogens is 4. The fourth-order valence-electron chi connectivity index (χ4n) is 2.32. The first-order valence-electron chi connectivity index (χ1n) is 8.31. The molecule has 1 heterocycles. The number of amides is 1. The van der Waals surface area contributed by atoms with Crippen LogP contribution in [0.15, 0.2) is 34.6 Å². The van der Waals surface area contributed by atoms with Gasteiger partial charge in [-0.2, -0.15) is 0 Å². The second kappa shape index (κ2) is 11.9. The lowest BCUT2D eigenvalue weighted by Crippen LogP contribution is -2.43. The molecule has 154 valence electrons. The van der Waals surface area contributed by atoms with Crippen LogP contribution in [0.2, 0.25) is 0 Å². The van der Waals surface area contributed by atoms with Gasteiger partial charge in [0.25, 0.3) is 0 Å². The minimum Gasteiger partial charge on any atom is -0.356 e. The maximum Gasteiger partial charge on any atom is 0.243 e. The van der Waals surface area contributed by atoms with Gasteiger partial charge in [0.2, 0.25) is 5.91 Å². The van der Waals surface area contributed by atoms with Gasteiger partial charge in [-0.25, -0.2) is 13.2 Å². The Kier molecular flexibility index (Phi) is 10.3. The molecule has 28 heavy (non-hydrogen) atoms. The summed E-state index contributed by atoms with van der Waals surface area (Å²) in [6.45, 7) is 2.53. The minimum absolute atomic E-state index is 0. The van der Waals surface area contributed by atoms with Gasteiger partial charge >= 0.3 is 0 Å². The third kappa shape index (κ3) is 7.30. The van der Waals surface area contributed by atoms with Crippen LogP contribution >= 0.6 is 35.3 Å². The molecule has 2 aromatic rings. The highest BCUT2D eigenvalue weighted by Crippen LogP contribution is 2.19. The van der Waals surface area contributed by atoms with E-state index in [0.717, 1.165) is 18.6 Å². The maximum atomic E-state index is 13.6. The SMILES string of the molecule is CN=C(NCC(=O)Nc1ccc(F)c(F)c1F)NCC(C)Cc1cccs1.I. The predicted octanol–water partition coefficient (Wildman–Crippen LogP) is 3.77. The molecule has 0 saturated carbocycles. The molecule has 10 heteroatoms. The highest BCUT2D eigenvalue weighted by atomic mass is 127. The Morgan fingerprint density at radius 3 is 2.57 bits per heavy atom. The number of hydrogen-bond acceptors (Lipinski definition) is 3. The Morgan fingerprint density at radius 1 is 1.18 bits per heavy atom. The lowest BCUT2D eigenvalue weighted by Gasteiger charge is -2.15. The van der Waals surface area contributed by atoms with E-state index in [1.807, 2.05) is 11.4 Å². The normalized spacial score (nSPS) is 12.1. The minimum atomic E-state index is -1.63. The zero-order valence-electron chi connectivity index (χ0n) is 15.4. The number of carbonyl (C=O) groups is 1. The van der Waals surface area contributed by atoms with Crippen molar-refractivity contribution in [1.29, 1.82) is 0 Å². The molecule has 2 rings (SSSR count). The first-order chi connectivity index (χ1) is 12.9. The molecule has 0 spiro atoms. The van der Waals surface area contributed by atoms with Gasteiger partial charge in [0.05, 0.1) is 12.2 Å². The lowest BCUT2D eigenvalue weighted by molar-refractivity contribution is -0.115. The standard InChI is InChI=1S/C18H21F3N4OS.HI/c1-11(8-12-4-3-7-27-12)9-23-18(22-2)24-10-15(26)25-14-6-5-13(19)16(20)17(14)21;/h3-7,11H,8-10H2,1-2H3,(H,25,26)(H2,22,23,24);1H. The third-order valence-corrected chi connectivity index (χ3v) is 4.60. The number of hydrogen-bond donors (Lipinski definition) is 3. The van der Waals surface area contributed by atoms with Gasteiger partial charge in [0, 0.05) is 18.5 Å². The van der Waals surface area contributed by atoms with Gasteiger partial charge in [-0.1, -0.05) is 13.0 Å². The van der Waals surface area contributed by atoms with E-state index in [1.165, 1.54) is 4.88 Å². The second-order valence-electron chi connectivity index (χ2n) is 5.97. The molecule has 0 aliphatic carbocycles. The summed E-state index contributed by atoms with van der Waals surface area (Å²) in [6, 6.07) is 5.80. The molecule has 1 amide bonds. The van der Waals surface area contributed by atoms with Crippen molar-refractivity contribution in [2.45, 2.75) is 13.3 Å². The van der Waals surface area contributed by atoms with E-state index in [2.05, 4.69) is 33.9 Å². The summed E-state index contributed by atoms with van der Waals surface area (Å²) in [4.78, 5) is 17.2. The zero-order chi connectivity index (χ0) is 19.8. The van der Waals surface area contributed by atoms with Gasteiger partial charge < -0.3 is 16.0 Å². The molecule has 0 saturated heterocycles. The Balaban J connectivity index is 0.00000392. The van der Waals surface area contributed by atoms with E-state index in [9.17, 15) is 18.0 Å². The molecule has 0 aliphatic rings. The largest absolute Gasteiger partial charge is 0.356 e. The van der Waals surface area contributed by atoms with E-state index in [0.29, 0.717) is 18.4 Å². The highest BCUT2D eigenvalue weighted by molar-refractivity contribution is 14.0. The van der Waals surface area contributed by atoms with Crippen LogP contribution in [-0.4, -0.2) is 32.0 Å². The van der Waals surface area contributed by atoms with E-state index in [4.69, 9.17) is 0 Å². The molecule has 1 aromatic heterocycles. The molecular formula is C18H22F3IN4OS. The molecule has 1 unspecified atom stereocenters. The van der Waals surface area contributed by atoms with Crippen LogP contribution in [0.4, 0.5) is 18.9 Å². The highest BCUT2D eigenvalue weighted by Gasteiger charge is 2.15. The quantitative estimate of drug-likeness (QED) is 0.223. The summed E-state index contributed by atoms with van der Waals surface area (Å²) in [6.07, 6.45) is 0.928. The number of benzene rings is 1. The summed E-state index contributed by atoms with van der Waals surface area (Å²) < 4.78 is 39.6. The van der Waals surface area contributed by atoms with Crippen molar-refractivity contribution in [1.82, 2.24) is 10.6 Å². The summed E-state index contributed by atoms with van der Waals surface area (Å²) >= 11 is 1.70. The molecule has 3 N–H and O–H groups in total. The summed E-state index contributed by atoms with van der Waals surface area (Å²) in [5.74, 6) is -4.23. The average Bonchev–Trinajstić information content (AvgIpc) is 3.15. The molecule has 0 aliphatic heterocycles. The van der Waals surface area contributed by atoms with E-state index >= 15 is 0 Å². The molecule has 5 nitrogen and oxygen atoms in total. The summed E-state index contributed by atoms with van der Waals surface area (Å²) in [7, 11) is 1.56. The second-order valence-corrected chi connectivity index (χ2v) is 7.00. The molecule has 0 radical (unpaired) electrons. The number of anilines is 1. The number of guanidine groups is 1. The van der Waals surface area contributed by atoms with Crippen molar-refractivity contribution in [2.24, 2.45) is 10.9 Å². The van der Waals surface area contributed by atoms with Crippen molar-refractivity contribution >= 4 is 52.9 Å². The molecule has 1 atom stereocenters. The Morgan fingerprint density at radius 2 is 1.93 bits per heavy atom. The Labute approximate surface area is 182 Å². The fraction of sp³-hybridized carbons (Fsp3) is 0.333. The van der Waals surface area contributed by atoms with Crippen molar-refractivity contribution in [3.8, 4) is 0 Å². The number of rotatable bonds is 7. The molecule has 1 aromatic carbocycles. The van der Waals surface area contributed by atoms with Crippen LogP contribution in [0.25, 0.3) is 0 Å². The topological polar surface area (TPSA) is 65.5 Å². The smallest absolute Gasteiger partial charge is 0.243 e. The van der Waals surface area contributed by atoms with Crippen LogP contribution in [0.1, 0.15) is 11.8 Å². The Hall–Kier alpha value is -1.82. The Bertz CT molecular complexity index is 802. The number of aliphatic imine (C=N–C) groups is 1. The molecule has 0 fully saturated rings. The fourth-order valence-corrected chi connectivity index (χ4v) is 3.19. The van der Waals surface area contributed by atoms with Crippen molar-refractivity contribution < 1.29 is 18.0 Å². The summed E-state index contributed by atoms with van der Waals surface area (Å²) in [5.41, 5.74) is -0.423. The predicted molar refractivity (Wildman–Crippen MR) is 117 cm³/mol. The van der Waals surface area contributed by atoms with Gasteiger partial charge in [-0.05, 0) is 35.9 Å². The first-order valence-corrected chi connectivity index (χ1v) is 9.19. The number of carbonyl (C=O) groups excluding carboxylic acids is 1. The van der Waals surface area contributed by atoms with E-state index < -0.39 is 29.0 Å². The van der Waals surface area contributed by atoms with Crippen molar-refractivity contribution in [3.05, 3.63) is 52.0 Å². The van der Waals surface area contributed by atoms with Crippen molar-refractivity contribution in [3.63, 3.8) is 0 Å². The van der Waals surface area contributed by atoms with Crippen LogP contribution in [-0.2, 0) is 11.2 Å². The van der Waals surface area contributed by atoms with Crippen LogP contribution in [0.5, 0.6) is 0 Å². The van der Waals surface area contributed by atoms with Gasteiger partial charge in [-0.15, -0.1) is 35.3 Å². The van der Waals surface area contributed by atoms with Gasteiger partial charge in [0.1, 0.15) is 0 Å². The lowest BCUT2D eigenvalue weighted by atomic mass is 10.1. The van der Waals surface area contributed by atoms with Crippen LogP contribution in [0.3, 0.4) is 0 Å². The van der Waals surface area contributed by atoms with Crippen LogP contribution < -0.4 is 16.0 Å². The average molecular weight is 526 g/mol. The number of nitrogens with one attached hydrogen (secondary N) is 3. The van der Waals surface area contributed by atoms with Gasteiger partial charge in [0.15, 0.2) is 23.4 Å². The molecule has 0 bridgehead atoms. The van der Waals surface area contributed by atoms with Crippen molar-refractivity contribution in [2.75, 3.05) is 25.5 Å². The van der Waals surface area contributed by atoms with E-state index in [1.54, 1.807) is 18.4 Å². The van der Waals surface area contributed by atoms with Crippen LogP contribution in [0, 0.1) is 23.4 Å². The van der Waals surface area contributed by atoms with Gasteiger partial charge in [-0.3, -0.25) is 9.79 Å². The monoisotopic (exact) mass is 526 g/mol.